The Morgan fingerprint density at radius 3 is 2.84 bits per heavy atom. The molecule has 4 aromatic heterocycles. The van der Waals surface area contributed by atoms with E-state index in [1.807, 2.05) is 76.4 Å². The average Bonchev–Trinajstić information content (AvgIpc) is 3.69. The zero-order valence-corrected chi connectivity index (χ0v) is 24.9. The van der Waals surface area contributed by atoms with Crippen LogP contribution < -0.4 is 20.3 Å². The lowest BCUT2D eigenvalue weighted by atomic mass is 10.1. The van der Waals surface area contributed by atoms with Crippen molar-refractivity contribution in [3.8, 4) is 17.1 Å². The number of nitrogens with one attached hydrogen (secondary N) is 3. The fourth-order valence-corrected chi connectivity index (χ4v) is 5.21. The number of rotatable bonds is 9. The van der Waals surface area contributed by atoms with Gasteiger partial charge in [0.25, 0.3) is 0 Å². The van der Waals surface area contributed by atoms with Crippen molar-refractivity contribution in [2.45, 2.75) is 26.4 Å². The molecule has 13 nitrogen and oxygen atoms in total. The SMILES string of the molecule is Cc1cnc(Nc2cc(C)n(C)n2)nc1-c1c[nH]c2c(NC(=O)CN3CC[C@H](Oc4cc(N(C)C)ncn4)C3)cccc12. The number of aryl methyl sites for hydroxylation is 3. The van der Waals surface area contributed by atoms with Gasteiger partial charge in [-0.25, -0.2) is 19.9 Å². The molecule has 1 amide bonds. The number of aromatic amines is 1. The molecule has 5 aromatic rings. The Labute approximate surface area is 249 Å². The fourth-order valence-electron chi connectivity index (χ4n) is 5.21. The summed E-state index contributed by atoms with van der Waals surface area (Å²) in [4.78, 5) is 38.2. The molecular weight excluding hydrogens is 546 g/mol. The molecule has 0 unspecified atom stereocenters. The highest BCUT2D eigenvalue weighted by atomic mass is 16.5. The summed E-state index contributed by atoms with van der Waals surface area (Å²) in [5.41, 5.74) is 5.23. The summed E-state index contributed by atoms with van der Waals surface area (Å²) < 4.78 is 7.88. The molecule has 1 aliphatic rings. The molecule has 0 saturated carbocycles. The van der Waals surface area contributed by atoms with Gasteiger partial charge in [-0.2, -0.15) is 5.10 Å². The minimum Gasteiger partial charge on any atom is -0.473 e. The molecule has 6 rings (SSSR count). The number of aromatic nitrogens is 7. The highest BCUT2D eigenvalue weighted by molar-refractivity contribution is 6.06. The number of likely N-dealkylation sites (tertiary alicyclic amines) is 1. The van der Waals surface area contributed by atoms with Crippen LogP contribution in [0, 0.1) is 13.8 Å². The molecule has 5 heterocycles. The fraction of sp³-hybridized carbons (Fsp3) is 0.333. The molecular formula is C30H35N11O2. The molecule has 13 heteroatoms. The second kappa shape index (κ2) is 11.7. The van der Waals surface area contributed by atoms with Gasteiger partial charge in [0.1, 0.15) is 18.2 Å². The Bertz CT molecular complexity index is 1760. The molecule has 1 aliphatic heterocycles. The zero-order chi connectivity index (χ0) is 30.1. The van der Waals surface area contributed by atoms with E-state index < -0.39 is 0 Å². The maximum absolute atomic E-state index is 13.1. The van der Waals surface area contributed by atoms with Gasteiger partial charge in [0, 0.05) is 75.4 Å². The minimum atomic E-state index is -0.0865. The molecule has 222 valence electrons. The van der Waals surface area contributed by atoms with E-state index in [1.54, 1.807) is 10.9 Å². The van der Waals surface area contributed by atoms with Gasteiger partial charge in [-0.05, 0) is 31.9 Å². The summed E-state index contributed by atoms with van der Waals surface area (Å²) in [6.07, 6.45) is 6.00. The molecule has 1 atom stereocenters. The van der Waals surface area contributed by atoms with Crippen LogP contribution in [0.4, 0.5) is 23.3 Å². The number of hydrogen-bond acceptors (Lipinski definition) is 10. The molecule has 1 saturated heterocycles. The van der Waals surface area contributed by atoms with Crippen molar-refractivity contribution >= 4 is 40.1 Å². The van der Waals surface area contributed by atoms with Crippen molar-refractivity contribution in [1.29, 1.82) is 0 Å². The van der Waals surface area contributed by atoms with Crippen molar-refractivity contribution in [3.05, 3.63) is 60.3 Å². The van der Waals surface area contributed by atoms with Crippen LogP contribution in [0.5, 0.6) is 5.88 Å². The Balaban J connectivity index is 1.12. The van der Waals surface area contributed by atoms with Crippen molar-refractivity contribution in [3.63, 3.8) is 0 Å². The van der Waals surface area contributed by atoms with Crippen LogP contribution in [0.25, 0.3) is 22.2 Å². The predicted molar refractivity (Wildman–Crippen MR) is 166 cm³/mol. The lowest BCUT2D eigenvalue weighted by Crippen LogP contribution is -2.33. The number of fused-ring (bicyclic) bond motifs is 1. The first-order valence-corrected chi connectivity index (χ1v) is 14.1. The van der Waals surface area contributed by atoms with Crippen LogP contribution >= 0.6 is 0 Å². The summed E-state index contributed by atoms with van der Waals surface area (Å²) in [6.45, 7) is 5.65. The molecule has 0 spiro atoms. The summed E-state index contributed by atoms with van der Waals surface area (Å²) in [5.74, 6) is 2.38. The standard InChI is InChI=1S/C30H35N11O2/c1-18-13-32-30(36-24-11-19(2)40(5)38-24)37-28(18)22-14-31-29-21(22)7-6-8-23(29)35-26(42)16-41-10-9-20(15-41)43-27-12-25(39(3)4)33-17-34-27/h6-8,11-14,17,20,31H,9-10,15-16H2,1-5H3,(H,35,42)(H,32,36,37,38)/t20-/m0/s1. The lowest BCUT2D eigenvalue weighted by Gasteiger charge is -2.17. The number of benzene rings is 1. The average molecular weight is 582 g/mol. The minimum absolute atomic E-state index is 0.0377. The third-order valence-corrected chi connectivity index (χ3v) is 7.54. The first-order valence-electron chi connectivity index (χ1n) is 14.1. The van der Waals surface area contributed by atoms with E-state index in [0.29, 0.717) is 29.9 Å². The second-order valence-electron chi connectivity index (χ2n) is 11.0. The second-order valence-corrected chi connectivity index (χ2v) is 11.0. The Kier molecular flexibility index (Phi) is 7.63. The quantitative estimate of drug-likeness (QED) is 0.236. The van der Waals surface area contributed by atoms with Crippen LogP contribution in [0.3, 0.4) is 0 Å². The highest BCUT2D eigenvalue weighted by Crippen LogP contribution is 2.33. The summed E-state index contributed by atoms with van der Waals surface area (Å²) >= 11 is 0. The molecule has 1 aromatic carbocycles. The van der Waals surface area contributed by atoms with E-state index in [0.717, 1.165) is 52.2 Å². The third-order valence-electron chi connectivity index (χ3n) is 7.54. The van der Waals surface area contributed by atoms with Crippen LogP contribution in [-0.4, -0.2) is 85.3 Å². The van der Waals surface area contributed by atoms with Crippen molar-refractivity contribution in [2.24, 2.45) is 7.05 Å². The Morgan fingerprint density at radius 2 is 2.05 bits per heavy atom. The number of H-pyrrole nitrogens is 1. The van der Waals surface area contributed by atoms with Gasteiger partial charge in [-0.15, -0.1) is 0 Å². The van der Waals surface area contributed by atoms with Gasteiger partial charge in [0.05, 0.1) is 23.4 Å². The highest BCUT2D eigenvalue weighted by Gasteiger charge is 2.26. The maximum atomic E-state index is 13.1. The number of hydrogen-bond donors (Lipinski definition) is 3. The summed E-state index contributed by atoms with van der Waals surface area (Å²) in [7, 11) is 5.74. The first-order chi connectivity index (χ1) is 20.7. The molecule has 3 N–H and O–H groups in total. The topological polar surface area (TPSA) is 142 Å². The van der Waals surface area contributed by atoms with Crippen molar-refractivity contribution < 1.29 is 9.53 Å². The summed E-state index contributed by atoms with van der Waals surface area (Å²) in [5, 5.41) is 11.7. The van der Waals surface area contributed by atoms with Gasteiger partial charge in [0.2, 0.25) is 17.7 Å². The van der Waals surface area contributed by atoms with Crippen LogP contribution in [-0.2, 0) is 11.8 Å². The molecule has 1 fully saturated rings. The molecule has 0 bridgehead atoms. The maximum Gasteiger partial charge on any atom is 0.238 e. The predicted octanol–water partition coefficient (Wildman–Crippen LogP) is 3.67. The molecule has 43 heavy (non-hydrogen) atoms. The van der Waals surface area contributed by atoms with E-state index in [-0.39, 0.29) is 18.6 Å². The molecule has 0 radical (unpaired) electrons. The van der Waals surface area contributed by atoms with Crippen molar-refractivity contribution in [1.82, 2.24) is 39.6 Å². The molecule has 0 aliphatic carbocycles. The van der Waals surface area contributed by atoms with E-state index >= 15 is 0 Å². The van der Waals surface area contributed by atoms with Gasteiger partial charge in [-0.1, -0.05) is 12.1 Å². The number of anilines is 4. The Morgan fingerprint density at radius 1 is 1.19 bits per heavy atom. The smallest absolute Gasteiger partial charge is 0.238 e. The number of ether oxygens (including phenoxy) is 1. The van der Waals surface area contributed by atoms with Crippen LogP contribution in [0.1, 0.15) is 17.7 Å². The normalized spacial score (nSPS) is 15.1. The van der Waals surface area contributed by atoms with Crippen LogP contribution in [0.15, 0.2) is 49.1 Å². The Hall–Kier alpha value is -5.04. The van der Waals surface area contributed by atoms with Gasteiger partial charge in [0.15, 0.2) is 5.82 Å². The van der Waals surface area contributed by atoms with Gasteiger partial charge >= 0.3 is 0 Å². The van der Waals surface area contributed by atoms with Crippen molar-refractivity contribution in [2.75, 3.05) is 49.3 Å². The first kappa shape index (κ1) is 28.1. The van der Waals surface area contributed by atoms with Gasteiger partial charge in [-0.3, -0.25) is 14.4 Å². The number of amides is 1. The number of nitrogens with zero attached hydrogens (tertiary/aromatic N) is 8. The van der Waals surface area contributed by atoms with E-state index in [1.165, 1.54) is 6.33 Å². The zero-order valence-electron chi connectivity index (χ0n) is 24.9. The van der Waals surface area contributed by atoms with E-state index in [2.05, 4.69) is 40.6 Å². The number of carbonyl (C=O) groups is 1. The van der Waals surface area contributed by atoms with E-state index in [9.17, 15) is 4.79 Å². The largest absolute Gasteiger partial charge is 0.473 e. The summed E-state index contributed by atoms with van der Waals surface area (Å²) in [6, 6.07) is 9.62. The third kappa shape index (κ3) is 6.11. The van der Waals surface area contributed by atoms with E-state index in [4.69, 9.17) is 9.72 Å². The number of carbonyl (C=O) groups excluding carboxylic acids is 1. The number of para-hydroxylation sites is 1. The van der Waals surface area contributed by atoms with Crippen LogP contribution in [0.2, 0.25) is 0 Å². The monoisotopic (exact) mass is 581 g/mol. The van der Waals surface area contributed by atoms with Gasteiger partial charge < -0.3 is 25.3 Å². The lowest BCUT2D eigenvalue weighted by molar-refractivity contribution is -0.117.